The molecule has 2 saturated heterocycles. The van der Waals surface area contributed by atoms with Gasteiger partial charge in [0.25, 0.3) is 0 Å². The Hall–Kier alpha value is -2.61. The molecule has 2 aromatic rings. The number of carbonyl (C=O) groups excluding carboxylic acids is 1. The van der Waals surface area contributed by atoms with Crippen LogP contribution in [-0.4, -0.2) is 65.7 Å². The normalized spacial score (nSPS) is 20.7. The summed E-state index contributed by atoms with van der Waals surface area (Å²) >= 11 is 0. The van der Waals surface area contributed by atoms with Gasteiger partial charge in [-0.1, -0.05) is 11.2 Å². The fourth-order valence-corrected chi connectivity index (χ4v) is 4.62. The van der Waals surface area contributed by atoms with Gasteiger partial charge in [-0.25, -0.2) is 0 Å². The predicted octanol–water partition coefficient (Wildman–Crippen LogP) is 2.23. The smallest absolute Gasteiger partial charge is 0.232 e. The van der Waals surface area contributed by atoms with Crippen molar-refractivity contribution in [2.75, 3.05) is 39.9 Å². The van der Waals surface area contributed by atoms with Gasteiger partial charge in [-0.05, 0) is 31.5 Å². The first kappa shape index (κ1) is 19.7. The van der Waals surface area contributed by atoms with Crippen LogP contribution in [0.3, 0.4) is 0 Å². The number of aryl methyl sites for hydroxylation is 1. The third kappa shape index (κ3) is 3.69. The SMILES string of the molecule is CCOc1ccc(CN2CC3(C2)CN(C(C)=O)CC3c2nc(C)no2)cc1OC. The Labute approximate surface area is 170 Å². The maximum absolute atomic E-state index is 12.0. The van der Waals surface area contributed by atoms with Gasteiger partial charge in [0.05, 0.1) is 19.6 Å². The number of nitrogens with zero attached hydrogens (tertiary/aromatic N) is 4. The zero-order valence-corrected chi connectivity index (χ0v) is 17.5. The predicted molar refractivity (Wildman–Crippen MR) is 106 cm³/mol. The van der Waals surface area contributed by atoms with Crippen molar-refractivity contribution in [3.05, 3.63) is 35.5 Å². The average Bonchev–Trinajstić information content (AvgIpc) is 3.27. The quantitative estimate of drug-likeness (QED) is 0.735. The van der Waals surface area contributed by atoms with Gasteiger partial charge in [0.1, 0.15) is 0 Å². The van der Waals surface area contributed by atoms with Crippen LogP contribution < -0.4 is 9.47 Å². The fourth-order valence-electron chi connectivity index (χ4n) is 4.62. The van der Waals surface area contributed by atoms with Gasteiger partial charge in [0.2, 0.25) is 11.8 Å². The summed E-state index contributed by atoms with van der Waals surface area (Å²) in [6, 6.07) is 6.07. The zero-order valence-electron chi connectivity index (χ0n) is 17.5. The van der Waals surface area contributed by atoms with Crippen LogP contribution >= 0.6 is 0 Å². The Morgan fingerprint density at radius 1 is 1.31 bits per heavy atom. The molecule has 1 spiro atoms. The van der Waals surface area contributed by atoms with Gasteiger partial charge in [-0.3, -0.25) is 9.69 Å². The van der Waals surface area contributed by atoms with Crippen molar-refractivity contribution in [3.8, 4) is 11.5 Å². The van der Waals surface area contributed by atoms with Crippen molar-refractivity contribution in [1.82, 2.24) is 19.9 Å². The second kappa shape index (κ2) is 7.67. The van der Waals surface area contributed by atoms with E-state index in [2.05, 4.69) is 21.1 Å². The molecule has 1 aromatic heterocycles. The van der Waals surface area contributed by atoms with Gasteiger partial charge in [-0.15, -0.1) is 0 Å². The van der Waals surface area contributed by atoms with Crippen LogP contribution in [0.5, 0.6) is 11.5 Å². The van der Waals surface area contributed by atoms with Crippen LogP contribution in [0.25, 0.3) is 0 Å². The van der Waals surface area contributed by atoms with Crippen molar-refractivity contribution in [2.45, 2.75) is 33.2 Å². The van der Waals surface area contributed by atoms with E-state index in [0.29, 0.717) is 24.9 Å². The van der Waals surface area contributed by atoms with E-state index in [0.717, 1.165) is 37.7 Å². The van der Waals surface area contributed by atoms with Crippen LogP contribution in [0, 0.1) is 12.3 Å². The maximum Gasteiger partial charge on any atom is 0.232 e. The summed E-state index contributed by atoms with van der Waals surface area (Å²) in [5, 5.41) is 3.96. The topological polar surface area (TPSA) is 80.9 Å². The third-order valence-electron chi connectivity index (χ3n) is 5.95. The monoisotopic (exact) mass is 400 g/mol. The second-order valence-electron chi connectivity index (χ2n) is 8.06. The van der Waals surface area contributed by atoms with Crippen LogP contribution in [-0.2, 0) is 11.3 Å². The van der Waals surface area contributed by atoms with Crippen LogP contribution in [0.1, 0.15) is 37.0 Å². The molecule has 1 amide bonds. The number of carbonyl (C=O) groups is 1. The fraction of sp³-hybridized carbons (Fsp3) is 0.571. The number of amides is 1. The summed E-state index contributed by atoms with van der Waals surface area (Å²) in [6.07, 6.45) is 0. The summed E-state index contributed by atoms with van der Waals surface area (Å²) in [4.78, 5) is 20.8. The highest BCUT2D eigenvalue weighted by atomic mass is 16.5. The van der Waals surface area contributed by atoms with E-state index in [9.17, 15) is 4.79 Å². The summed E-state index contributed by atoms with van der Waals surface area (Å²) in [5.74, 6) is 2.97. The van der Waals surface area contributed by atoms with Crippen molar-refractivity contribution in [3.63, 3.8) is 0 Å². The van der Waals surface area contributed by atoms with E-state index in [1.807, 2.05) is 30.9 Å². The molecular weight excluding hydrogens is 372 g/mol. The molecule has 8 nitrogen and oxygen atoms in total. The highest BCUT2D eigenvalue weighted by Gasteiger charge is 2.56. The van der Waals surface area contributed by atoms with Crippen molar-refractivity contribution >= 4 is 5.91 Å². The summed E-state index contributed by atoms with van der Waals surface area (Å²) in [7, 11) is 1.66. The van der Waals surface area contributed by atoms with E-state index in [-0.39, 0.29) is 17.2 Å². The van der Waals surface area contributed by atoms with E-state index in [1.54, 1.807) is 14.0 Å². The second-order valence-corrected chi connectivity index (χ2v) is 8.06. The number of aromatic nitrogens is 2. The Morgan fingerprint density at radius 3 is 2.72 bits per heavy atom. The lowest BCUT2D eigenvalue weighted by Gasteiger charge is -2.50. The number of hydrogen-bond acceptors (Lipinski definition) is 7. The molecule has 0 aliphatic carbocycles. The highest BCUT2D eigenvalue weighted by Crippen LogP contribution is 2.49. The summed E-state index contributed by atoms with van der Waals surface area (Å²) < 4.78 is 16.6. The van der Waals surface area contributed by atoms with E-state index in [4.69, 9.17) is 14.0 Å². The number of hydrogen-bond donors (Lipinski definition) is 0. The van der Waals surface area contributed by atoms with Crippen LogP contribution in [0.4, 0.5) is 0 Å². The van der Waals surface area contributed by atoms with Crippen LogP contribution in [0.15, 0.2) is 22.7 Å². The standard InChI is InChI=1S/C21H28N4O4/c1-5-28-18-7-6-16(8-19(18)27-4)9-24-11-21(12-24)13-25(15(3)26)10-17(21)20-22-14(2)23-29-20/h6-8,17H,5,9-13H2,1-4H3. The number of benzene rings is 1. The van der Waals surface area contributed by atoms with E-state index in [1.165, 1.54) is 5.56 Å². The minimum Gasteiger partial charge on any atom is -0.493 e. The third-order valence-corrected chi connectivity index (χ3v) is 5.95. The molecule has 2 aliphatic rings. The van der Waals surface area contributed by atoms with Crippen molar-refractivity contribution in [1.29, 1.82) is 0 Å². The molecule has 1 aromatic carbocycles. The van der Waals surface area contributed by atoms with Crippen molar-refractivity contribution < 1.29 is 18.8 Å². The average molecular weight is 400 g/mol. The first-order valence-corrected chi connectivity index (χ1v) is 10.0. The number of ether oxygens (including phenoxy) is 2. The van der Waals surface area contributed by atoms with Gasteiger partial charge in [0.15, 0.2) is 17.3 Å². The zero-order chi connectivity index (χ0) is 20.6. The largest absolute Gasteiger partial charge is 0.493 e. The lowest BCUT2D eigenvalue weighted by Crippen LogP contribution is -2.59. The number of likely N-dealkylation sites (tertiary alicyclic amines) is 2. The van der Waals surface area contributed by atoms with Crippen LogP contribution in [0.2, 0.25) is 0 Å². The first-order valence-electron chi connectivity index (χ1n) is 10.0. The summed E-state index contributed by atoms with van der Waals surface area (Å²) in [6.45, 7) is 9.98. The maximum atomic E-state index is 12.0. The van der Waals surface area contributed by atoms with Gasteiger partial charge >= 0.3 is 0 Å². The first-order chi connectivity index (χ1) is 13.9. The molecule has 0 bridgehead atoms. The molecule has 1 atom stereocenters. The molecule has 156 valence electrons. The lowest BCUT2D eigenvalue weighted by molar-refractivity contribution is -0.128. The Kier molecular flexibility index (Phi) is 5.21. The molecule has 0 N–H and O–H groups in total. The minimum atomic E-state index is -0.0278. The van der Waals surface area contributed by atoms with Gasteiger partial charge < -0.3 is 18.9 Å². The van der Waals surface area contributed by atoms with E-state index >= 15 is 0 Å². The van der Waals surface area contributed by atoms with Gasteiger partial charge in [0, 0.05) is 45.1 Å². The lowest BCUT2D eigenvalue weighted by atomic mass is 9.71. The molecule has 0 radical (unpaired) electrons. The molecule has 0 saturated carbocycles. The Morgan fingerprint density at radius 2 is 2.10 bits per heavy atom. The molecule has 1 unspecified atom stereocenters. The summed E-state index contributed by atoms with van der Waals surface area (Å²) in [5.41, 5.74) is 1.15. The highest BCUT2D eigenvalue weighted by molar-refractivity contribution is 5.74. The van der Waals surface area contributed by atoms with Gasteiger partial charge in [-0.2, -0.15) is 4.98 Å². The van der Waals surface area contributed by atoms with Crippen molar-refractivity contribution in [2.24, 2.45) is 5.41 Å². The van der Waals surface area contributed by atoms with E-state index < -0.39 is 0 Å². The molecule has 3 heterocycles. The number of methoxy groups -OCH3 is 1. The molecular formula is C21H28N4O4. The number of rotatable bonds is 6. The molecule has 29 heavy (non-hydrogen) atoms. The molecule has 8 heteroatoms. The Balaban J connectivity index is 1.47. The molecule has 2 fully saturated rings. The minimum absolute atomic E-state index is 0.0278. The molecule has 4 rings (SSSR count). The Bertz CT molecular complexity index is 891. The molecule has 2 aliphatic heterocycles.